The van der Waals surface area contributed by atoms with Crippen molar-refractivity contribution < 1.29 is 18.8 Å². The Morgan fingerprint density at radius 3 is 2.71 bits per heavy atom. The van der Waals surface area contributed by atoms with Gasteiger partial charge in [0.05, 0.1) is 0 Å². The van der Waals surface area contributed by atoms with Gasteiger partial charge in [0.1, 0.15) is 17.9 Å². The fourth-order valence-corrected chi connectivity index (χ4v) is 3.52. The zero-order valence-corrected chi connectivity index (χ0v) is 13.5. The number of hydrogen-bond donors (Lipinski definition) is 2. The predicted octanol–water partition coefficient (Wildman–Crippen LogP) is 2.26. The number of anilines is 1. The number of halogens is 1. The van der Waals surface area contributed by atoms with E-state index >= 15 is 0 Å². The summed E-state index contributed by atoms with van der Waals surface area (Å²) in [5, 5.41) is 5.36. The van der Waals surface area contributed by atoms with Gasteiger partial charge in [-0.05, 0) is 43.0 Å². The number of hydrogen-bond acceptors (Lipinski definition) is 3. The Morgan fingerprint density at radius 2 is 2.04 bits per heavy atom. The first-order valence-electron chi connectivity index (χ1n) is 8.12. The van der Waals surface area contributed by atoms with E-state index in [9.17, 15) is 18.8 Å². The highest BCUT2D eigenvalue weighted by atomic mass is 19.1. The molecule has 2 atom stereocenters. The number of nitrogens with one attached hydrogen (secondary N) is 2. The molecule has 1 aromatic rings. The number of benzene rings is 1. The predicted molar refractivity (Wildman–Crippen MR) is 85.6 cm³/mol. The molecule has 24 heavy (non-hydrogen) atoms. The lowest BCUT2D eigenvalue weighted by molar-refractivity contribution is -0.136. The monoisotopic (exact) mass is 333 g/mol. The van der Waals surface area contributed by atoms with Crippen LogP contribution in [0.2, 0.25) is 0 Å². The fraction of sp³-hybridized carbons (Fsp3) is 0.471. The lowest BCUT2D eigenvalue weighted by Gasteiger charge is -2.36. The highest BCUT2D eigenvalue weighted by Crippen LogP contribution is 2.38. The lowest BCUT2D eigenvalue weighted by atomic mass is 9.73. The van der Waals surface area contributed by atoms with Crippen molar-refractivity contribution in [2.75, 3.05) is 11.9 Å². The summed E-state index contributed by atoms with van der Waals surface area (Å²) < 4.78 is 12.9. The first-order valence-corrected chi connectivity index (χ1v) is 8.12. The van der Waals surface area contributed by atoms with Crippen LogP contribution in [0.1, 0.15) is 32.6 Å². The van der Waals surface area contributed by atoms with Gasteiger partial charge in [0.25, 0.3) is 5.91 Å². The van der Waals surface area contributed by atoms with Crippen LogP contribution in [-0.4, -0.2) is 34.8 Å². The molecular formula is C17H20FN3O3. The number of carbonyl (C=O) groups excluding carboxylic acids is 3. The van der Waals surface area contributed by atoms with Crippen molar-refractivity contribution in [2.24, 2.45) is 5.92 Å². The molecule has 0 bridgehead atoms. The summed E-state index contributed by atoms with van der Waals surface area (Å²) in [6, 6.07) is 4.76. The average molecular weight is 333 g/mol. The van der Waals surface area contributed by atoms with Crippen molar-refractivity contribution in [3.63, 3.8) is 0 Å². The Hall–Kier alpha value is -2.44. The van der Waals surface area contributed by atoms with Crippen LogP contribution in [0.4, 0.5) is 14.9 Å². The van der Waals surface area contributed by atoms with Crippen molar-refractivity contribution in [1.82, 2.24) is 10.2 Å². The van der Waals surface area contributed by atoms with Crippen molar-refractivity contribution >= 4 is 23.5 Å². The molecule has 7 heteroatoms. The van der Waals surface area contributed by atoms with E-state index in [0.29, 0.717) is 12.1 Å². The summed E-state index contributed by atoms with van der Waals surface area (Å²) in [7, 11) is 0. The lowest BCUT2D eigenvalue weighted by Crippen LogP contribution is -2.54. The smallest absolute Gasteiger partial charge is 0.325 e. The molecule has 6 nitrogen and oxygen atoms in total. The van der Waals surface area contributed by atoms with Gasteiger partial charge in [0.15, 0.2) is 0 Å². The summed E-state index contributed by atoms with van der Waals surface area (Å²) in [6.07, 6.45) is 3.40. The van der Waals surface area contributed by atoms with Crippen LogP contribution >= 0.6 is 0 Å². The number of amides is 4. The van der Waals surface area contributed by atoms with E-state index in [-0.39, 0.29) is 18.4 Å². The molecule has 1 spiro atoms. The number of carbonyl (C=O) groups is 3. The molecule has 1 aromatic carbocycles. The summed E-state index contributed by atoms with van der Waals surface area (Å²) in [5.74, 6) is -1.18. The Bertz CT molecular complexity index is 676. The van der Waals surface area contributed by atoms with E-state index in [2.05, 4.69) is 10.6 Å². The van der Waals surface area contributed by atoms with Crippen molar-refractivity contribution in [3.05, 3.63) is 30.1 Å². The van der Waals surface area contributed by atoms with E-state index in [0.717, 1.165) is 24.2 Å². The van der Waals surface area contributed by atoms with Gasteiger partial charge in [0.2, 0.25) is 5.91 Å². The zero-order valence-electron chi connectivity index (χ0n) is 13.5. The third kappa shape index (κ3) is 2.86. The standard InChI is InChI=1S/C17H20FN3O3/c1-11-4-2-3-9-17(11)15(23)21(16(24)20-17)10-14(22)19-13-7-5-12(18)6-8-13/h5-8,11H,2-4,9-10H2,1H3,(H,19,22)(H,20,24)/t11-,17+/m0/s1. The Kier molecular flexibility index (Phi) is 4.26. The van der Waals surface area contributed by atoms with Gasteiger partial charge in [-0.25, -0.2) is 9.18 Å². The first-order chi connectivity index (χ1) is 11.4. The number of imide groups is 1. The van der Waals surface area contributed by atoms with Gasteiger partial charge in [-0.1, -0.05) is 19.8 Å². The van der Waals surface area contributed by atoms with Gasteiger partial charge in [-0.3, -0.25) is 14.5 Å². The molecule has 3 rings (SSSR count). The van der Waals surface area contributed by atoms with Gasteiger partial charge in [-0.15, -0.1) is 0 Å². The molecule has 1 heterocycles. The summed E-state index contributed by atoms with van der Waals surface area (Å²) in [4.78, 5) is 38.0. The van der Waals surface area contributed by atoms with Crippen LogP contribution in [0.5, 0.6) is 0 Å². The minimum atomic E-state index is -0.870. The molecule has 0 unspecified atom stereocenters. The summed E-state index contributed by atoms with van der Waals surface area (Å²) in [5.41, 5.74) is -0.458. The summed E-state index contributed by atoms with van der Waals surface area (Å²) >= 11 is 0. The van der Waals surface area contributed by atoms with Crippen LogP contribution in [0.25, 0.3) is 0 Å². The molecule has 2 fully saturated rings. The second-order valence-electron chi connectivity index (χ2n) is 6.49. The summed E-state index contributed by atoms with van der Waals surface area (Å²) in [6.45, 7) is 1.61. The molecule has 1 aliphatic carbocycles. The van der Waals surface area contributed by atoms with Gasteiger partial charge < -0.3 is 10.6 Å². The van der Waals surface area contributed by atoms with Crippen molar-refractivity contribution in [3.8, 4) is 0 Å². The van der Waals surface area contributed by atoms with Crippen LogP contribution in [-0.2, 0) is 9.59 Å². The third-order valence-electron chi connectivity index (χ3n) is 4.93. The maximum atomic E-state index is 12.9. The molecule has 128 valence electrons. The quantitative estimate of drug-likeness (QED) is 0.833. The van der Waals surface area contributed by atoms with Gasteiger partial charge in [0, 0.05) is 5.69 Å². The van der Waals surface area contributed by atoms with Crippen LogP contribution < -0.4 is 10.6 Å². The van der Waals surface area contributed by atoms with Crippen molar-refractivity contribution in [2.45, 2.75) is 38.1 Å². The fourth-order valence-electron chi connectivity index (χ4n) is 3.52. The van der Waals surface area contributed by atoms with Crippen molar-refractivity contribution in [1.29, 1.82) is 0 Å². The highest BCUT2D eigenvalue weighted by Gasteiger charge is 2.55. The van der Waals surface area contributed by atoms with Crippen LogP contribution in [0.3, 0.4) is 0 Å². The zero-order chi connectivity index (χ0) is 17.3. The van der Waals surface area contributed by atoms with E-state index in [1.54, 1.807) is 0 Å². The molecular weight excluding hydrogens is 313 g/mol. The molecule has 0 aromatic heterocycles. The molecule has 1 saturated carbocycles. The minimum Gasteiger partial charge on any atom is -0.325 e. The van der Waals surface area contributed by atoms with E-state index in [4.69, 9.17) is 0 Å². The first kappa shape index (κ1) is 16.4. The molecule has 1 aliphatic heterocycles. The maximum absolute atomic E-state index is 12.9. The van der Waals surface area contributed by atoms with Crippen LogP contribution in [0, 0.1) is 11.7 Å². The Labute approximate surface area is 139 Å². The van der Waals surface area contributed by atoms with E-state index in [1.807, 2.05) is 6.92 Å². The van der Waals surface area contributed by atoms with Crippen LogP contribution in [0.15, 0.2) is 24.3 Å². The number of urea groups is 1. The van der Waals surface area contributed by atoms with E-state index < -0.39 is 23.3 Å². The second kappa shape index (κ2) is 6.22. The molecule has 0 radical (unpaired) electrons. The molecule has 1 saturated heterocycles. The SMILES string of the molecule is C[C@H]1CCCC[C@@]12NC(=O)N(CC(=O)Nc1ccc(F)cc1)C2=O. The second-order valence-corrected chi connectivity index (χ2v) is 6.49. The van der Waals surface area contributed by atoms with Gasteiger partial charge in [-0.2, -0.15) is 0 Å². The Morgan fingerprint density at radius 1 is 1.33 bits per heavy atom. The topological polar surface area (TPSA) is 78.5 Å². The molecule has 2 N–H and O–H groups in total. The average Bonchev–Trinajstić information content (AvgIpc) is 2.78. The highest BCUT2D eigenvalue weighted by molar-refractivity contribution is 6.10. The third-order valence-corrected chi connectivity index (χ3v) is 4.93. The van der Waals surface area contributed by atoms with E-state index in [1.165, 1.54) is 24.3 Å². The Balaban J connectivity index is 1.68. The normalized spacial score (nSPS) is 26.6. The minimum absolute atomic E-state index is 0.0489. The number of rotatable bonds is 3. The largest absolute Gasteiger partial charge is 0.325 e. The van der Waals surface area contributed by atoms with Gasteiger partial charge >= 0.3 is 6.03 Å². The molecule has 2 aliphatic rings. The number of nitrogens with zero attached hydrogens (tertiary/aromatic N) is 1. The molecule has 4 amide bonds. The maximum Gasteiger partial charge on any atom is 0.325 e.